The van der Waals surface area contributed by atoms with Gasteiger partial charge in [0.2, 0.25) is 0 Å². The summed E-state index contributed by atoms with van der Waals surface area (Å²) >= 11 is 7.17. The van der Waals surface area contributed by atoms with Gasteiger partial charge >= 0.3 is 0 Å². The molecule has 3 heteroatoms. The molecular weight excluding hydrogens is 168 g/mol. The van der Waals surface area contributed by atoms with Gasteiger partial charge in [0, 0.05) is 4.88 Å². The molecule has 1 heterocycles. The number of thiophene rings is 1. The van der Waals surface area contributed by atoms with Crippen LogP contribution in [0.5, 0.6) is 0 Å². The van der Waals surface area contributed by atoms with Gasteiger partial charge in [0.1, 0.15) is 6.29 Å². The normalized spacial score (nSPS) is 7.80. The summed E-state index contributed by atoms with van der Waals surface area (Å²) in [6, 6.07) is 4.03. The van der Waals surface area contributed by atoms with Crippen LogP contribution in [0.3, 0.4) is 0 Å². The first-order valence-corrected chi connectivity index (χ1v) is 4.24. The molecule has 0 amide bonds. The summed E-state index contributed by atoms with van der Waals surface area (Å²) in [6.07, 6.45) is 0.750. The predicted molar refractivity (Wildman–Crippen MR) is 45.6 cm³/mol. The molecule has 10 heavy (non-hydrogen) atoms. The van der Waals surface area contributed by atoms with E-state index < -0.39 is 0 Å². The quantitative estimate of drug-likeness (QED) is 0.475. The van der Waals surface area contributed by atoms with Crippen LogP contribution in [0.4, 0.5) is 0 Å². The lowest BCUT2D eigenvalue weighted by Crippen LogP contribution is -1.58. The molecule has 1 nitrogen and oxygen atoms in total. The van der Waals surface area contributed by atoms with Crippen LogP contribution in [0.1, 0.15) is 11.8 Å². The summed E-state index contributed by atoms with van der Waals surface area (Å²) in [4.78, 5) is 10.0. The fourth-order valence-electron chi connectivity index (χ4n) is 0.389. The molecular formula is C7H9ClOS. The number of hydrogen-bond acceptors (Lipinski definition) is 2. The number of alkyl halides is 1. The van der Waals surface area contributed by atoms with Crippen LogP contribution < -0.4 is 0 Å². The summed E-state index contributed by atoms with van der Waals surface area (Å²) in [5, 5.41) is 2.03. The molecule has 0 unspecified atom stereocenters. The Bertz CT molecular complexity index is 160. The van der Waals surface area contributed by atoms with Gasteiger partial charge in [-0.2, -0.15) is 0 Å². The summed E-state index contributed by atoms with van der Waals surface area (Å²) in [5.41, 5.74) is 0. The Morgan fingerprint density at radius 2 is 2.40 bits per heavy atom. The van der Waals surface area contributed by atoms with Crippen LogP contribution in [-0.4, -0.2) is 6.29 Å². The second-order valence-electron chi connectivity index (χ2n) is 1.45. The molecule has 0 saturated carbocycles. The first-order valence-electron chi connectivity index (χ1n) is 2.83. The molecule has 1 rings (SSSR count). The number of carbonyl (C=O) groups is 1. The highest BCUT2D eigenvalue weighted by Gasteiger charge is 1.84. The molecule has 0 radical (unpaired) electrons. The van der Waals surface area contributed by atoms with Gasteiger partial charge in [-0.05, 0) is 18.4 Å². The fraction of sp³-hybridized carbons (Fsp3) is 0.286. The maximum Gasteiger partial charge on any atom is 0.116 e. The maximum atomic E-state index is 8.81. The number of carbonyl (C=O) groups excluding carboxylic acids is 1. The second kappa shape index (κ2) is 6.78. The summed E-state index contributed by atoms with van der Waals surface area (Å²) < 4.78 is 0. The smallest absolute Gasteiger partial charge is 0.116 e. The van der Waals surface area contributed by atoms with Crippen molar-refractivity contribution in [3.63, 3.8) is 0 Å². The van der Waals surface area contributed by atoms with E-state index in [0.717, 1.165) is 6.29 Å². The first-order chi connectivity index (χ1) is 4.85. The lowest BCUT2D eigenvalue weighted by atomic mass is 10.5. The Balaban J connectivity index is 0.000000236. The monoisotopic (exact) mass is 176 g/mol. The lowest BCUT2D eigenvalue weighted by Gasteiger charge is -1.76. The minimum atomic E-state index is 0.650. The van der Waals surface area contributed by atoms with Gasteiger partial charge in [0.05, 0.1) is 5.88 Å². The Hall–Kier alpha value is -0.340. The van der Waals surface area contributed by atoms with Gasteiger partial charge in [-0.1, -0.05) is 6.07 Å². The average Bonchev–Trinajstić information content (AvgIpc) is 2.39. The number of aldehydes is 1. The molecule has 0 bridgehead atoms. The highest BCUT2D eigenvalue weighted by molar-refractivity contribution is 7.10. The molecule has 0 aliphatic carbocycles. The molecule has 0 aliphatic heterocycles. The standard InChI is InChI=1S/C5H5ClS.C2H4O/c6-4-5-2-1-3-7-5;1-2-3/h1-3H,4H2;2H,1H3. The van der Waals surface area contributed by atoms with E-state index in [4.69, 9.17) is 16.4 Å². The van der Waals surface area contributed by atoms with Crippen LogP contribution in [0, 0.1) is 0 Å². The van der Waals surface area contributed by atoms with E-state index in [1.807, 2.05) is 17.5 Å². The van der Waals surface area contributed by atoms with Gasteiger partial charge in [-0.3, -0.25) is 0 Å². The van der Waals surface area contributed by atoms with E-state index in [9.17, 15) is 0 Å². The predicted octanol–water partition coefficient (Wildman–Crippen LogP) is 2.69. The molecule has 0 saturated heterocycles. The van der Waals surface area contributed by atoms with E-state index >= 15 is 0 Å². The van der Waals surface area contributed by atoms with Gasteiger partial charge in [-0.25, -0.2) is 0 Å². The Labute approximate surface area is 69.6 Å². The van der Waals surface area contributed by atoms with Crippen molar-refractivity contribution in [2.75, 3.05) is 0 Å². The van der Waals surface area contributed by atoms with Crippen molar-refractivity contribution in [2.45, 2.75) is 12.8 Å². The van der Waals surface area contributed by atoms with Crippen molar-refractivity contribution in [2.24, 2.45) is 0 Å². The molecule has 1 aromatic rings. The fourth-order valence-corrected chi connectivity index (χ4v) is 1.22. The van der Waals surface area contributed by atoms with Crippen molar-refractivity contribution in [1.29, 1.82) is 0 Å². The van der Waals surface area contributed by atoms with E-state index in [0.29, 0.717) is 5.88 Å². The Morgan fingerprint density at radius 1 is 1.80 bits per heavy atom. The molecule has 0 atom stereocenters. The van der Waals surface area contributed by atoms with Gasteiger partial charge in [0.25, 0.3) is 0 Å². The van der Waals surface area contributed by atoms with E-state index in [2.05, 4.69) is 0 Å². The van der Waals surface area contributed by atoms with Crippen molar-refractivity contribution >= 4 is 29.2 Å². The highest BCUT2D eigenvalue weighted by atomic mass is 35.5. The zero-order chi connectivity index (χ0) is 7.82. The zero-order valence-corrected chi connectivity index (χ0v) is 7.28. The summed E-state index contributed by atoms with van der Waals surface area (Å²) in [7, 11) is 0. The van der Waals surface area contributed by atoms with E-state index in [1.54, 1.807) is 11.3 Å². The Kier molecular flexibility index (Phi) is 6.55. The third kappa shape index (κ3) is 4.53. The van der Waals surface area contributed by atoms with Crippen LogP contribution in [-0.2, 0) is 10.7 Å². The van der Waals surface area contributed by atoms with Crippen molar-refractivity contribution in [3.05, 3.63) is 22.4 Å². The third-order valence-electron chi connectivity index (χ3n) is 0.712. The SMILES string of the molecule is CC=O.ClCc1cccs1. The highest BCUT2D eigenvalue weighted by Crippen LogP contribution is 2.09. The van der Waals surface area contributed by atoms with Crippen LogP contribution in [0.25, 0.3) is 0 Å². The molecule has 0 N–H and O–H groups in total. The largest absolute Gasteiger partial charge is 0.304 e. The lowest BCUT2D eigenvalue weighted by molar-refractivity contribution is -0.106. The topological polar surface area (TPSA) is 17.1 Å². The molecule has 0 spiro atoms. The van der Waals surface area contributed by atoms with Crippen LogP contribution in [0.2, 0.25) is 0 Å². The average molecular weight is 177 g/mol. The van der Waals surface area contributed by atoms with Crippen LogP contribution in [0.15, 0.2) is 17.5 Å². The van der Waals surface area contributed by atoms with Crippen molar-refractivity contribution < 1.29 is 4.79 Å². The summed E-state index contributed by atoms with van der Waals surface area (Å²) in [5.74, 6) is 0.650. The number of hydrogen-bond donors (Lipinski definition) is 0. The van der Waals surface area contributed by atoms with Gasteiger partial charge in [0.15, 0.2) is 0 Å². The maximum absolute atomic E-state index is 8.81. The molecule has 0 aromatic carbocycles. The van der Waals surface area contributed by atoms with E-state index in [1.165, 1.54) is 11.8 Å². The first kappa shape index (κ1) is 9.66. The second-order valence-corrected chi connectivity index (χ2v) is 2.75. The molecule has 0 fully saturated rings. The van der Waals surface area contributed by atoms with Gasteiger partial charge < -0.3 is 4.79 Å². The number of halogens is 1. The molecule has 0 aliphatic rings. The zero-order valence-electron chi connectivity index (χ0n) is 5.71. The van der Waals surface area contributed by atoms with E-state index in [-0.39, 0.29) is 0 Å². The minimum absolute atomic E-state index is 0.650. The third-order valence-corrected chi connectivity index (χ3v) is 2.03. The number of rotatable bonds is 1. The summed E-state index contributed by atoms with van der Waals surface area (Å²) in [6.45, 7) is 1.44. The van der Waals surface area contributed by atoms with Crippen molar-refractivity contribution in [3.8, 4) is 0 Å². The minimum Gasteiger partial charge on any atom is -0.304 e. The van der Waals surface area contributed by atoms with Gasteiger partial charge in [-0.15, -0.1) is 22.9 Å². The van der Waals surface area contributed by atoms with Crippen LogP contribution >= 0.6 is 22.9 Å². The molecule has 56 valence electrons. The Morgan fingerprint density at radius 3 is 2.60 bits per heavy atom. The molecule has 1 aromatic heterocycles. The van der Waals surface area contributed by atoms with Crippen molar-refractivity contribution in [1.82, 2.24) is 0 Å².